The molecule has 2 unspecified atom stereocenters. The van der Waals surface area contributed by atoms with E-state index in [0.717, 1.165) is 51.9 Å². The Morgan fingerprint density at radius 2 is 1.90 bits per heavy atom. The second kappa shape index (κ2) is 9.65. The van der Waals surface area contributed by atoms with Crippen LogP contribution in [0.25, 0.3) is 32.9 Å². The van der Waals surface area contributed by atoms with Gasteiger partial charge in [0, 0.05) is 35.8 Å². The average molecular weight is 563 g/mol. The molecule has 4 aliphatic heterocycles. The Labute approximate surface area is 243 Å². The van der Waals surface area contributed by atoms with Crippen LogP contribution >= 0.6 is 0 Å². The lowest BCUT2D eigenvalue weighted by molar-refractivity contribution is 0.108. The van der Waals surface area contributed by atoms with Crippen molar-refractivity contribution in [3.8, 4) is 35.4 Å². The first-order chi connectivity index (χ1) is 20.5. The first-order valence-electron chi connectivity index (χ1n) is 14.7. The van der Waals surface area contributed by atoms with Crippen LogP contribution in [0, 0.1) is 18.2 Å². The van der Waals surface area contributed by atoms with E-state index in [1.807, 2.05) is 12.1 Å². The fourth-order valence-corrected chi connectivity index (χ4v) is 7.56. The number of phenolic OH excluding ortho intramolecular Hbond substituents is 1. The molecular formula is C33H31FN6O2. The van der Waals surface area contributed by atoms with E-state index in [4.69, 9.17) is 16.1 Å². The molecule has 8 nitrogen and oxygen atoms in total. The molecule has 0 amide bonds. The minimum atomic E-state index is -0.600. The normalized spacial score (nSPS) is 22.6. The molecule has 0 spiro atoms. The molecule has 2 atom stereocenters. The molecule has 4 aromatic rings. The zero-order valence-electron chi connectivity index (χ0n) is 23.2. The van der Waals surface area contributed by atoms with Crippen molar-refractivity contribution in [1.29, 1.82) is 0 Å². The van der Waals surface area contributed by atoms with Crippen LogP contribution in [-0.2, 0) is 0 Å². The van der Waals surface area contributed by atoms with Crippen molar-refractivity contribution < 1.29 is 14.2 Å². The standard InChI is InChI=1S/C33H31FN6O2/c1-2-20-6-3-7-21-14-24(41)15-25(27(20)21)29-28(34)30-26(18-36-29)31(40-22-8-9-23(40)17-35-16-22)38-32(37-30)42-19-33-10-4-12-39(33)13-5-11-33/h1,3,6-9,14-15,18,22-23,35,41H,4-5,10-13,16-17,19H2. The van der Waals surface area contributed by atoms with Crippen LogP contribution in [0.4, 0.5) is 10.2 Å². The van der Waals surface area contributed by atoms with Crippen LogP contribution in [0.15, 0.2) is 48.7 Å². The van der Waals surface area contributed by atoms with Crippen LogP contribution in [0.2, 0.25) is 0 Å². The molecule has 2 aromatic heterocycles. The minimum Gasteiger partial charge on any atom is -0.508 e. The number of nitrogens with one attached hydrogen (secondary N) is 1. The van der Waals surface area contributed by atoms with E-state index in [9.17, 15) is 5.11 Å². The minimum absolute atomic E-state index is 0.000714. The van der Waals surface area contributed by atoms with Gasteiger partial charge in [0.25, 0.3) is 0 Å². The number of pyridine rings is 1. The van der Waals surface area contributed by atoms with Gasteiger partial charge in [-0.1, -0.05) is 30.2 Å². The molecule has 3 fully saturated rings. The number of rotatable bonds is 5. The summed E-state index contributed by atoms with van der Waals surface area (Å²) in [6.07, 6.45) is 16.3. The Kier molecular flexibility index (Phi) is 5.85. The van der Waals surface area contributed by atoms with Crippen molar-refractivity contribution in [2.45, 2.75) is 43.3 Å². The van der Waals surface area contributed by atoms with Crippen molar-refractivity contribution in [3.05, 3.63) is 60.1 Å². The Balaban J connectivity index is 1.29. The third kappa shape index (κ3) is 3.86. The fraction of sp³-hybridized carbons (Fsp3) is 0.364. The zero-order valence-corrected chi connectivity index (χ0v) is 23.2. The lowest BCUT2D eigenvalue weighted by Gasteiger charge is -2.37. The Bertz CT molecular complexity index is 1790. The maximum atomic E-state index is 16.7. The smallest absolute Gasteiger partial charge is 0.319 e. The molecule has 2 N–H and O–H groups in total. The number of terminal acetylenes is 1. The van der Waals surface area contributed by atoms with Gasteiger partial charge in [0.2, 0.25) is 0 Å². The summed E-state index contributed by atoms with van der Waals surface area (Å²) < 4.78 is 23.1. The predicted molar refractivity (Wildman–Crippen MR) is 160 cm³/mol. The predicted octanol–water partition coefficient (Wildman–Crippen LogP) is 4.39. The van der Waals surface area contributed by atoms with Crippen molar-refractivity contribution in [3.63, 3.8) is 0 Å². The van der Waals surface area contributed by atoms with Gasteiger partial charge >= 0.3 is 6.01 Å². The molecular weight excluding hydrogens is 531 g/mol. The number of halogens is 1. The van der Waals surface area contributed by atoms with E-state index < -0.39 is 5.82 Å². The molecule has 2 bridgehead atoms. The highest BCUT2D eigenvalue weighted by atomic mass is 19.1. The summed E-state index contributed by atoms with van der Waals surface area (Å²) in [7, 11) is 0. The van der Waals surface area contributed by atoms with E-state index in [1.54, 1.807) is 18.3 Å². The number of phenols is 1. The Morgan fingerprint density at radius 1 is 1.12 bits per heavy atom. The quantitative estimate of drug-likeness (QED) is 0.274. The molecule has 8 rings (SSSR count). The SMILES string of the molecule is C#Cc1cccc2cc(O)cc(-c3ncc4c(N5C6C=CC5CNC6)nc(OCC56CCCN5CCC6)nc4c3F)c12. The van der Waals surface area contributed by atoms with Crippen LogP contribution in [-0.4, -0.2) is 75.4 Å². The molecule has 0 radical (unpaired) electrons. The number of benzene rings is 2. The van der Waals surface area contributed by atoms with Crippen LogP contribution in [0.1, 0.15) is 31.2 Å². The fourth-order valence-electron chi connectivity index (χ4n) is 7.56. The van der Waals surface area contributed by atoms with Crippen LogP contribution in [0.3, 0.4) is 0 Å². The molecule has 9 heteroatoms. The number of ether oxygens (including phenoxy) is 1. The lowest BCUT2D eigenvalue weighted by atomic mass is 9.95. The Morgan fingerprint density at radius 3 is 2.67 bits per heavy atom. The van der Waals surface area contributed by atoms with Gasteiger partial charge in [-0.15, -0.1) is 6.42 Å². The summed E-state index contributed by atoms with van der Waals surface area (Å²) in [5.74, 6) is 2.71. The second-order valence-electron chi connectivity index (χ2n) is 11.8. The largest absolute Gasteiger partial charge is 0.508 e. The number of hydrogen-bond donors (Lipinski definition) is 2. The maximum absolute atomic E-state index is 16.7. The van der Waals surface area contributed by atoms with Gasteiger partial charge in [-0.25, -0.2) is 4.39 Å². The number of anilines is 1. The van der Waals surface area contributed by atoms with Gasteiger partial charge in [-0.2, -0.15) is 9.97 Å². The third-order valence-corrected chi connectivity index (χ3v) is 9.52. The molecule has 212 valence electrons. The topological polar surface area (TPSA) is 86.6 Å². The molecule has 3 saturated heterocycles. The molecule has 0 aliphatic carbocycles. The number of piperazine rings is 1. The summed E-state index contributed by atoms with van der Waals surface area (Å²) in [5.41, 5.74) is 1.22. The van der Waals surface area contributed by atoms with Gasteiger partial charge < -0.3 is 20.1 Å². The van der Waals surface area contributed by atoms with E-state index in [-0.39, 0.29) is 40.6 Å². The number of fused-ring (bicyclic) bond motifs is 5. The highest BCUT2D eigenvalue weighted by Crippen LogP contribution is 2.41. The molecule has 42 heavy (non-hydrogen) atoms. The number of hydrogen-bond acceptors (Lipinski definition) is 8. The van der Waals surface area contributed by atoms with Crippen molar-refractivity contribution >= 4 is 27.5 Å². The first-order valence-corrected chi connectivity index (χ1v) is 14.7. The van der Waals surface area contributed by atoms with Crippen molar-refractivity contribution in [2.24, 2.45) is 0 Å². The molecule has 2 aromatic carbocycles. The van der Waals surface area contributed by atoms with Gasteiger partial charge in [0.15, 0.2) is 5.82 Å². The third-order valence-electron chi connectivity index (χ3n) is 9.52. The number of nitrogens with zero attached hydrogens (tertiary/aromatic N) is 5. The first kappa shape index (κ1) is 25.5. The summed E-state index contributed by atoms with van der Waals surface area (Å²) in [6, 6.07) is 8.93. The summed E-state index contributed by atoms with van der Waals surface area (Å²) in [6.45, 7) is 4.19. The average Bonchev–Trinajstić information content (AvgIpc) is 3.65. The number of aromatic hydroxyl groups is 1. The van der Waals surface area contributed by atoms with Crippen molar-refractivity contribution in [1.82, 2.24) is 25.2 Å². The lowest BCUT2D eigenvalue weighted by Crippen LogP contribution is -2.53. The summed E-state index contributed by atoms with van der Waals surface area (Å²) in [5, 5.41) is 15.9. The van der Waals surface area contributed by atoms with Gasteiger partial charge in [-0.3, -0.25) is 9.88 Å². The summed E-state index contributed by atoms with van der Waals surface area (Å²) in [4.78, 5) is 18.9. The second-order valence-corrected chi connectivity index (χ2v) is 11.8. The molecule has 4 aliphatic rings. The van der Waals surface area contributed by atoms with E-state index in [0.29, 0.717) is 39.7 Å². The van der Waals surface area contributed by atoms with E-state index >= 15 is 4.39 Å². The van der Waals surface area contributed by atoms with Gasteiger partial charge in [0.05, 0.1) is 23.0 Å². The maximum Gasteiger partial charge on any atom is 0.319 e. The molecule has 6 heterocycles. The van der Waals surface area contributed by atoms with E-state index in [2.05, 4.69) is 43.2 Å². The number of aromatic nitrogens is 3. The Hall–Kier alpha value is -4.26. The zero-order chi connectivity index (χ0) is 28.4. The van der Waals surface area contributed by atoms with Crippen LogP contribution in [0.5, 0.6) is 11.8 Å². The monoisotopic (exact) mass is 562 g/mol. The van der Waals surface area contributed by atoms with Crippen LogP contribution < -0.4 is 15.0 Å². The highest BCUT2D eigenvalue weighted by molar-refractivity contribution is 6.03. The van der Waals surface area contributed by atoms with Gasteiger partial charge in [0.1, 0.15) is 29.4 Å². The van der Waals surface area contributed by atoms with E-state index in [1.165, 1.54) is 6.07 Å². The summed E-state index contributed by atoms with van der Waals surface area (Å²) >= 11 is 0. The van der Waals surface area contributed by atoms with Crippen molar-refractivity contribution in [2.75, 3.05) is 37.7 Å². The highest BCUT2D eigenvalue weighted by Gasteiger charge is 2.45. The molecule has 0 saturated carbocycles. The van der Waals surface area contributed by atoms with Gasteiger partial charge in [-0.05, 0) is 62.4 Å².